The summed E-state index contributed by atoms with van der Waals surface area (Å²) in [7, 11) is 0. The van der Waals surface area contributed by atoms with Gasteiger partial charge in [0.1, 0.15) is 5.60 Å². The molecule has 1 fully saturated rings. The zero-order valence-corrected chi connectivity index (χ0v) is 21.6. The summed E-state index contributed by atoms with van der Waals surface area (Å²) in [6.45, 7) is 12.5. The van der Waals surface area contributed by atoms with Crippen LogP contribution >= 0.6 is 0 Å². The minimum Gasteiger partial charge on any atom is -0.481 e. The Labute approximate surface area is 204 Å². The molecule has 1 atom stereocenters. The van der Waals surface area contributed by atoms with E-state index < -0.39 is 17.5 Å². The van der Waals surface area contributed by atoms with E-state index in [-0.39, 0.29) is 5.97 Å². The Bertz CT molecular complexity index is 966. The summed E-state index contributed by atoms with van der Waals surface area (Å²) in [5.74, 6) is -0.494. The second-order valence-corrected chi connectivity index (χ2v) is 11.9. The molecule has 1 aliphatic carbocycles. The second kappa shape index (κ2) is 10.3. The molecular weight excluding hydrogens is 424 g/mol. The van der Waals surface area contributed by atoms with Gasteiger partial charge in [0.2, 0.25) is 0 Å². The molecule has 3 rings (SSSR count). The molecule has 0 spiro atoms. The smallest absolute Gasteiger partial charge is 0.338 e. The molecule has 4 nitrogen and oxygen atoms in total. The molecule has 1 aliphatic rings. The van der Waals surface area contributed by atoms with E-state index in [9.17, 15) is 14.7 Å². The number of carbonyl (C=O) groups excluding carboxylic acids is 1. The fourth-order valence-electron chi connectivity index (χ4n) is 4.99. The van der Waals surface area contributed by atoms with Gasteiger partial charge in [0.15, 0.2) is 0 Å². The molecular formula is C30H40O4. The van der Waals surface area contributed by atoms with Crippen molar-refractivity contribution in [2.45, 2.75) is 91.1 Å². The molecule has 2 aromatic carbocycles. The van der Waals surface area contributed by atoms with Crippen molar-refractivity contribution < 1.29 is 19.4 Å². The van der Waals surface area contributed by atoms with Gasteiger partial charge in [-0.1, -0.05) is 57.2 Å². The Morgan fingerprint density at radius 1 is 0.882 bits per heavy atom. The van der Waals surface area contributed by atoms with Gasteiger partial charge in [-0.3, -0.25) is 4.79 Å². The number of aliphatic carboxylic acids is 1. The van der Waals surface area contributed by atoms with E-state index in [1.165, 1.54) is 31.2 Å². The van der Waals surface area contributed by atoms with E-state index >= 15 is 0 Å². The summed E-state index contributed by atoms with van der Waals surface area (Å²) < 4.78 is 5.40. The number of ether oxygens (including phenoxy) is 1. The molecule has 0 amide bonds. The third-order valence-corrected chi connectivity index (χ3v) is 7.09. The highest BCUT2D eigenvalue weighted by Crippen LogP contribution is 2.43. The number of hydrogen-bond donors (Lipinski definition) is 1. The van der Waals surface area contributed by atoms with Crippen LogP contribution in [-0.4, -0.2) is 22.6 Å². The lowest BCUT2D eigenvalue weighted by Crippen LogP contribution is -2.25. The van der Waals surface area contributed by atoms with E-state index in [1.807, 2.05) is 45.0 Å². The van der Waals surface area contributed by atoms with Crippen LogP contribution in [0.3, 0.4) is 0 Å². The van der Waals surface area contributed by atoms with Crippen molar-refractivity contribution in [3.05, 3.63) is 70.8 Å². The van der Waals surface area contributed by atoms with Crippen LogP contribution in [0.2, 0.25) is 0 Å². The van der Waals surface area contributed by atoms with Crippen molar-refractivity contribution in [3.8, 4) is 0 Å². The Hall–Kier alpha value is -2.62. The van der Waals surface area contributed by atoms with Gasteiger partial charge in [-0.25, -0.2) is 4.79 Å². The molecule has 2 aromatic rings. The molecule has 4 heteroatoms. The molecule has 1 N–H and O–H groups in total. The van der Waals surface area contributed by atoms with Crippen molar-refractivity contribution in [1.29, 1.82) is 0 Å². The van der Waals surface area contributed by atoms with Crippen LogP contribution in [0, 0.1) is 11.3 Å². The fraction of sp³-hybridized carbons (Fsp3) is 0.533. The molecule has 0 radical (unpaired) electrons. The number of carboxylic acid groups (broad SMARTS) is 1. The van der Waals surface area contributed by atoms with Crippen LogP contribution in [0.25, 0.3) is 0 Å². The molecule has 0 unspecified atom stereocenters. The molecule has 0 saturated heterocycles. The molecule has 34 heavy (non-hydrogen) atoms. The monoisotopic (exact) mass is 464 g/mol. The van der Waals surface area contributed by atoms with E-state index in [4.69, 9.17) is 4.74 Å². The minimum atomic E-state index is -0.838. The van der Waals surface area contributed by atoms with E-state index in [1.54, 1.807) is 12.1 Å². The van der Waals surface area contributed by atoms with Crippen LogP contribution < -0.4 is 0 Å². The first kappa shape index (κ1) is 26.0. The zero-order chi connectivity index (χ0) is 25.1. The summed E-state index contributed by atoms with van der Waals surface area (Å²) >= 11 is 0. The summed E-state index contributed by atoms with van der Waals surface area (Å²) in [6, 6.07) is 15.3. The normalized spacial score (nSPS) is 19.9. The quantitative estimate of drug-likeness (QED) is 0.453. The largest absolute Gasteiger partial charge is 0.481 e. The molecule has 184 valence electrons. The van der Waals surface area contributed by atoms with Crippen molar-refractivity contribution in [3.63, 3.8) is 0 Å². The van der Waals surface area contributed by atoms with Crippen molar-refractivity contribution in [2.75, 3.05) is 0 Å². The van der Waals surface area contributed by atoms with Crippen molar-refractivity contribution >= 4 is 11.9 Å². The average molecular weight is 465 g/mol. The first-order valence-electron chi connectivity index (χ1n) is 12.5. The van der Waals surface area contributed by atoms with Crippen LogP contribution in [0.15, 0.2) is 48.5 Å². The highest BCUT2D eigenvalue weighted by molar-refractivity contribution is 5.89. The van der Waals surface area contributed by atoms with Crippen LogP contribution in [-0.2, 0) is 16.0 Å². The van der Waals surface area contributed by atoms with Crippen LogP contribution in [0.1, 0.15) is 106 Å². The average Bonchev–Trinajstić information content (AvgIpc) is 2.76. The molecule has 0 aromatic heterocycles. The molecule has 1 saturated carbocycles. The number of rotatable bonds is 6. The third kappa shape index (κ3) is 6.94. The summed E-state index contributed by atoms with van der Waals surface area (Å²) in [6.07, 6.45) is 5.29. The Balaban J connectivity index is 1.66. The molecule has 0 bridgehead atoms. The van der Waals surface area contributed by atoms with E-state index in [2.05, 4.69) is 32.9 Å². The molecule has 0 aliphatic heterocycles. The Morgan fingerprint density at radius 2 is 1.44 bits per heavy atom. The van der Waals surface area contributed by atoms with Gasteiger partial charge in [0.05, 0.1) is 11.5 Å². The van der Waals surface area contributed by atoms with E-state index in [0.717, 1.165) is 17.0 Å². The summed E-state index contributed by atoms with van der Waals surface area (Å²) in [5, 5.41) is 9.91. The fourth-order valence-corrected chi connectivity index (χ4v) is 4.99. The maximum atomic E-state index is 12.2. The van der Waals surface area contributed by atoms with Gasteiger partial charge in [-0.2, -0.15) is 0 Å². The number of esters is 1. The summed E-state index contributed by atoms with van der Waals surface area (Å²) in [5.41, 5.74) is 3.30. The lowest BCUT2D eigenvalue weighted by molar-refractivity contribution is -0.138. The standard InChI is InChI=1S/C30H40O4/c1-29(2,3)25-17-15-22(16-18-25)21-11-13-23(14-12-21)26(27(31)32)19-20-7-9-24(10-8-20)28(33)34-30(4,5)6/h7-14,22,25-26H,15-19H2,1-6H3,(H,31,32)/t22?,25?,26-/m1/s1. The minimum absolute atomic E-state index is 0.370. The Morgan fingerprint density at radius 3 is 1.91 bits per heavy atom. The SMILES string of the molecule is CC(C)(C)OC(=O)c1ccc(C[C@@H](C(=O)O)c2ccc(C3CCC(C(C)(C)C)CC3)cc2)cc1. The van der Waals surface area contributed by atoms with Gasteiger partial charge < -0.3 is 9.84 Å². The van der Waals surface area contributed by atoms with Crippen molar-refractivity contribution in [1.82, 2.24) is 0 Å². The van der Waals surface area contributed by atoms with E-state index in [0.29, 0.717) is 23.3 Å². The number of carboxylic acids is 1. The van der Waals surface area contributed by atoms with Crippen LogP contribution in [0.5, 0.6) is 0 Å². The van der Waals surface area contributed by atoms with Gasteiger partial charge in [0.25, 0.3) is 0 Å². The second-order valence-electron chi connectivity index (χ2n) is 11.9. The number of hydrogen-bond acceptors (Lipinski definition) is 3. The lowest BCUT2D eigenvalue weighted by Gasteiger charge is -2.37. The van der Waals surface area contributed by atoms with Crippen molar-refractivity contribution in [2.24, 2.45) is 11.3 Å². The maximum absolute atomic E-state index is 12.2. The number of benzene rings is 2. The van der Waals surface area contributed by atoms with Gasteiger partial charge in [-0.15, -0.1) is 0 Å². The highest BCUT2D eigenvalue weighted by atomic mass is 16.6. The topological polar surface area (TPSA) is 63.6 Å². The van der Waals surface area contributed by atoms with Gasteiger partial charge in [-0.05, 0) is 98.9 Å². The predicted octanol–water partition coefficient (Wildman–Crippen LogP) is 7.37. The Kier molecular flexibility index (Phi) is 7.90. The van der Waals surface area contributed by atoms with Gasteiger partial charge in [0, 0.05) is 0 Å². The molecule has 0 heterocycles. The third-order valence-electron chi connectivity index (χ3n) is 7.09. The highest BCUT2D eigenvalue weighted by Gasteiger charge is 2.30. The summed E-state index contributed by atoms with van der Waals surface area (Å²) in [4.78, 5) is 24.3. The lowest BCUT2D eigenvalue weighted by atomic mass is 9.68. The first-order chi connectivity index (χ1) is 15.8. The number of carbonyl (C=O) groups is 2. The van der Waals surface area contributed by atoms with Gasteiger partial charge >= 0.3 is 11.9 Å². The van der Waals surface area contributed by atoms with Crippen LogP contribution in [0.4, 0.5) is 0 Å². The zero-order valence-electron chi connectivity index (χ0n) is 21.6. The first-order valence-corrected chi connectivity index (χ1v) is 12.5. The maximum Gasteiger partial charge on any atom is 0.338 e. The predicted molar refractivity (Wildman–Crippen MR) is 136 cm³/mol.